The number of hydrazone groups is 1. The molecule has 33 heavy (non-hydrogen) atoms. The van der Waals surface area contributed by atoms with Gasteiger partial charge < -0.3 is 9.47 Å². The van der Waals surface area contributed by atoms with Gasteiger partial charge in [0.2, 0.25) is 0 Å². The Morgan fingerprint density at radius 3 is 2.42 bits per heavy atom. The summed E-state index contributed by atoms with van der Waals surface area (Å²) in [5, 5.41) is 4.72. The molecule has 0 aliphatic carbocycles. The first kappa shape index (κ1) is 24.8. The molecule has 0 aliphatic rings. The lowest BCUT2D eigenvalue weighted by Crippen LogP contribution is -2.33. The summed E-state index contributed by atoms with van der Waals surface area (Å²) in [5.74, 6) is -0.382. The van der Waals surface area contributed by atoms with Crippen LogP contribution in [0.4, 0.5) is 0 Å². The van der Waals surface area contributed by atoms with Crippen molar-refractivity contribution < 1.29 is 19.1 Å². The third-order valence-electron chi connectivity index (χ3n) is 4.41. The summed E-state index contributed by atoms with van der Waals surface area (Å²) in [6.07, 6.45) is 0.504. The predicted molar refractivity (Wildman–Crippen MR) is 133 cm³/mol. The number of aryl methyl sites for hydroxylation is 1. The first-order chi connectivity index (χ1) is 15.7. The molecule has 6 nitrogen and oxygen atoms in total. The van der Waals surface area contributed by atoms with Crippen LogP contribution in [0.15, 0.2) is 70.2 Å². The van der Waals surface area contributed by atoms with Gasteiger partial charge in [-0.15, -0.1) is 0 Å². The first-order valence-corrected chi connectivity index (χ1v) is 11.3. The lowest BCUT2D eigenvalue weighted by Gasteiger charge is -2.14. The van der Waals surface area contributed by atoms with E-state index in [4.69, 9.17) is 32.7 Å². The van der Waals surface area contributed by atoms with Gasteiger partial charge in [-0.3, -0.25) is 4.79 Å². The number of nitrogens with one attached hydrogen (secondary N) is 1. The fourth-order valence-corrected chi connectivity index (χ4v) is 3.46. The molecule has 0 aromatic heterocycles. The summed E-state index contributed by atoms with van der Waals surface area (Å²) in [6.45, 7) is 3.49. The molecule has 0 saturated carbocycles. The number of hydrogen-bond donors (Lipinski definition) is 1. The minimum atomic E-state index is -0.873. The molecule has 1 atom stereocenters. The van der Waals surface area contributed by atoms with Crippen LogP contribution in [0.25, 0.3) is 0 Å². The number of nitrogens with zero attached hydrogens (tertiary/aromatic N) is 1. The van der Waals surface area contributed by atoms with E-state index >= 15 is 0 Å². The van der Waals surface area contributed by atoms with E-state index in [2.05, 4.69) is 26.5 Å². The van der Waals surface area contributed by atoms with E-state index in [1.807, 2.05) is 19.1 Å². The van der Waals surface area contributed by atoms with Crippen LogP contribution in [0.1, 0.15) is 28.4 Å². The van der Waals surface area contributed by atoms with Crippen LogP contribution in [-0.2, 0) is 4.79 Å². The van der Waals surface area contributed by atoms with Crippen molar-refractivity contribution in [2.45, 2.75) is 20.0 Å². The quantitative estimate of drug-likeness (QED) is 0.165. The van der Waals surface area contributed by atoms with Crippen molar-refractivity contribution in [3.05, 3.63) is 91.9 Å². The van der Waals surface area contributed by atoms with Crippen LogP contribution in [0.5, 0.6) is 11.5 Å². The van der Waals surface area contributed by atoms with E-state index < -0.39 is 18.0 Å². The van der Waals surface area contributed by atoms with Gasteiger partial charge >= 0.3 is 5.97 Å². The molecule has 1 amide bonds. The molecule has 1 N–H and O–H groups in total. The Morgan fingerprint density at radius 2 is 1.73 bits per heavy atom. The Labute approximate surface area is 209 Å². The lowest BCUT2D eigenvalue weighted by atomic mass is 10.1. The van der Waals surface area contributed by atoms with Gasteiger partial charge in [0.1, 0.15) is 11.5 Å². The zero-order chi connectivity index (χ0) is 24.0. The monoisotopic (exact) mass is 548 g/mol. The number of carbonyl (C=O) groups is 2. The normalized spacial score (nSPS) is 11.8. The highest BCUT2D eigenvalue weighted by atomic mass is 79.9. The van der Waals surface area contributed by atoms with Gasteiger partial charge in [-0.25, -0.2) is 10.2 Å². The number of amides is 1. The Kier molecular flexibility index (Phi) is 8.49. The van der Waals surface area contributed by atoms with Crippen molar-refractivity contribution in [1.29, 1.82) is 0 Å². The molecule has 0 aliphatic heterocycles. The minimum absolute atomic E-state index is 0.291. The van der Waals surface area contributed by atoms with Crippen LogP contribution in [0.3, 0.4) is 0 Å². The Balaban J connectivity index is 1.66. The molecule has 0 saturated heterocycles. The van der Waals surface area contributed by atoms with Crippen molar-refractivity contribution in [3.8, 4) is 11.5 Å². The summed E-state index contributed by atoms with van der Waals surface area (Å²) in [5.41, 5.74) is 4.35. The fraction of sp³-hybridized carbons (Fsp3) is 0.125. The average molecular weight is 550 g/mol. The standard InChI is InChI=1S/C24H19BrCl2N2O4/c1-14-3-5-16(6-4-14)24(31)33-21-9-7-18(25)11-17(21)13-28-29-23(30)15(2)32-22-10-8-19(26)12-20(22)27/h3-13,15H,1-2H3,(H,29,30). The highest BCUT2D eigenvalue weighted by Gasteiger charge is 2.16. The van der Waals surface area contributed by atoms with Crippen molar-refractivity contribution in [2.75, 3.05) is 0 Å². The maximum absolute atomic E-state index is 12.5. The van der Waals surface area contributed by atoms with Crippen LogP contribution in [0.2, 0.25) is 10.0 Å². The molecule has 0 bridgehead atoms. The third-order valence-corrected chi connectivity index (χ3v) is 5.43. The van der Waals surface area contributed by atoms with Crippen molar-refractivity contribution in [2.24, 2.45) is 5.10 Å². The van der Waals surface area contributed by atoms with Gasteiger partial charge in [-0.1, -0.05) is 56.8 Å². The van der Waals surface area contributed by atoms with Crippen LogP contribution < -0.4 is 14.9 Å². The fourth-order valence-electron chi connectivity index (χ4n) is 2.63. The van der Waals surface area contributed by atoms with Gasteiger partial charge in [-0.2, -0.15) is 5.10 Å². The zero-order valence-electron chi connectivity index (χ0n) is 17.6. The van der Waals surface area contributed by atoms with Crippen LogP contribution >= 0.6 is 39.1 Å². The number of halogens is 3. The number of carbonyl (C=O) groups excluding carboxylic acids is 2. The highest BCUT2D eigenvalue weighted by molar-refractivity contribution is 9.10. The average Bonchev–Trinajstić information content (AvgIpc) is 2.77. The van der Waals surface area contributed by atoms with Gasteiger partial charge in [0.05, 0.1) is 16.8 Å². The molecular weight excluding hydrogens is 531 g/mol. The Hall–Kier alpha value is -2.87. The molecule has 3 aromatic carbocycles. The molecule has 1 unspecified atom stereocenters. The van der Waals surface area contributed by atoms with Gasteiger partial charge in [-0.05, 0) is 62.4 Å². The number of esters is 1. The maximum Gasteiger partial charge on any atom is 0.343 e. The van der Waals surface area contributed by atoms with E-state index in [0.717, 1.165) is 10.0 Å². The summed E-state index contributed by atoms with van der Waals surface area (Å²) in [7, 11) is 0. The highest BCUT2D eigenvalue weighted by Crippen LogP contribution is 2.28. The zero-order valence-corrected chi connectivity index (χ0v) is 20.7. The van der Waals surface area contributed by atoms with Crippen molar-refractivity contribution in [1.82, 2.24) is 5.43 Å². The van der Waals surface area contributed by atoms with E-state index in [0.29, 0.717) is 32.7 Å². The summed E-state index contributed by atoms with van der Waals surface area (Å²) < 4.78 is 11.8. The van der Waals surface area contributed by atoms with E-state index in [1.165, 1.54) is 12.3 Å². The van der Waals surface area contributed by atoms with Gasteiger partial charge in [0.25, 0.3) is 5.91 Å². The maximum atomic E-state index is 12.5. The molecule has 0 fully saturated rings. The van der Waals surface area contributed by atoms with Crippen molar-refractivity contribution >= 4 is 57.2 Å². The van der Waals surface area contributed by atoms with E-state index in [-0.39, 0.29) is 0 Å². The second-order valence-corrected chi connectivity index (χ2v) is 8.77. The second kappa shape index (κ2) is 11.3. The number of benzene rings is 3. The molecule has 3 aromatic rings. The minimum Gasteiger partial charge on any atom is -0.479 e. The molecule has 0 radical (unpaired) electrons. The summed E-state index contributed by atoms with van der Waals surface area (Å²) in [4.78, 5) is 24.8. The lowest BCUT2D eigenvalue weighted by molar-refractivity contribution is -0.127. The SMILES string of the molecule is Cc1ccc(C(=O)Oc2ccc(Br)cc2C=NNC(=O)C(C)Oc2ccc(Cl)cc2Cl)cc1. The second-order valence-electron chi connectivity index (χ2n) is 7.01. The van der Waals surface area contributed by atoms with Crippen LogP contribution in [0, 0.1) is 6.92 Å². The molecule has 170 valence electrons. The number of ether oxygens (including phenoxy) is 2. The summed E-state index contributed by atoms with van der Waals surface area (Å²) in [6, 6.07) is 16.8. The van der Waals surface area contributed by atoms with Gasteiger partial charge in [0, 0.05) is 15.1 Å². The third kappa shape index (κ3) is 7.05. The Morgan fingerprint density at radius 1 is 1.03 bits per heavy atom. The van der Waals surface area contributed by atoms with Gasteiger partial charge in [0.15, 0.2) is 6.10 Å². The Bertz CT molecular complexity index is 1200. The topological polar surface area (TPSA) is 77.0 Å². The molecule has 0 heterocycles. The number of rotatable bonds is 7. The molecule has 3 rings (SSSR count). The molecule has 0 spiro atoms. The smallest absolute Gasteiger partial charge is 0.343 e. The van der Waals surface area contributed by atoms with Crippen molar-refractivity contribution in [3.63, 3.8) is 0 Å². The van der Waals surface area contributed by atoms with E-state index in [1.54, 1.807) is 49.4 Å². The molecular formula is C24H19BrCl2N2O4. The van der Waals surface area contributed by atoms with E-state index in [9.17, 15) is 9.59 Å². The molecule has 9 heteroatoms. The van der Waals surface area contributed by atoms with Crippen LogP contribution in [-0.4, -0.2) is 24.2 Å². The predicted octanol–water partition coefficient (Wildman–Crippen LogP) is 6.20. The largest absolute Gasteiger partial charge is 0.479 e. The summed E-state index contributed by atoms with van der Waals surface area (Å²) >= 11 is 15.3. The number of hydrogen-bond acceptors (Lipinski definition) is 5. The first-order valence-electron chi connectivity index (χ1n) is 9.76.